The van der Waals surface area contributed by atoms with Gasteiger partial charge in [0.05, 0.1) is 25.3 Å². The highest BCUT2D eigenvalue weighted by atomic mass is 35.5. The van der Waals surface area contributed by atoms with E-state index in [9.17, 15) is 17.6 Å². The summed E-state index contributed by atoms with van der Waals surface area (Å²) >= 11 is 5.82. The van der Waals surface area contributed by atoms with E-state index >= 15 is 0 Å². The summed E-state index contributed by atoms with van der Waals surface area (Å²) in [5.41, 5.74) is 0.663. The summed E-state index contributed by atoms with van der Waals surface area (Å²) in [5.74, 6) is 0.0916. The zero-order valence-electron chi connectivity index (χ0n) is 18.0. The molecule has 0 bridgehead atoms. The first-order valence-corrected chi connectivity index (χ1v) is 11.7. The molecule has 3 rings (SSSR count). The van der Waals surface area contributed by atoms with Gasteiger partial charge in [-0.1, -0.05) is 17.7 Å². The van der Waals surface area contributed by atoms with Gasteiger partial charge in [-0.25, -0.2) is 17.6 Å². The molecule has 1 aliphatic heterocycles. The number of methoxy groups -OCH3 is 2. The molecule has 0 saturated carbocycles. The molecule has 1 atom stereocenters. The number of carbonyl (C=O) groups excluding carboxylic acids is 1. The van der Waals surface area contributed by atoms with Gasteiger partial charge >= 0.3 is 6.03 Å². The van der Waals surface area contributed by atoms with Crippen LogP contribution in [0.5, 0.6) is 11.5 Å². The van der Waals surface area contributed by atoms with Crippen molar-refractivity contribution in [3.63, 3.8) is 0 Å². The van der Waals surface area contributed by atoms with Crippen LogP contribution in [0.1, 0.15) is 18.5 Å². The lowest BCUT2D eigenvalue weighted by molar-refractivity contribution is 0.169. The number of ether oxygens (including phenoxy) is 2. The first kappa shape index (κ1) is 24.1. The van der Waals surface area contributed by atoms with E-state index in [-0.39, 0.29) is 47.9 Å². The number of rotatable bonds is 6. The molecule has 2 aromatic carbocycles. The second-order valence-electron chi connectivity index (χ2n) is 7.25. The lowest BCUT2D eigenvalue weighted by atomic mass is 10.1. The summed E-state index contributed by atoms with van der Waals surface area (Å²) in [6.45, 7) is 2.46. The number of urea groups is 1. The third-order valence-corrected chi connectivity index (χ3v) is 7.51. The molecule has 0 spiro atoms. The number of hydrogen-bond acceptors (Lipinski definition) is 5. The molecule has 11 heteroatoms. The van der Waals surface area contributed by atoms with Gasteiger partial charge < -0.3 is 19.7 Å². The van der Waals surface area contributed by atoms with E-state index in [4.69, 9.17) is 21.1 Å². The molecular weight excluding hydrogens is 461 g/mol. The zero-order chi connectivity index (χ0) is 23.5. The first-order chi connectivity index (χ1) is 15.2. The quantitative estimate of drug-likeness (QED) is 0.678. The number of amides is 2. The van der Waals surface area contributed by atoms with Crippen LogP contribution in [0.25, 0.3) is 0 Å². The number of nitrogens with zero attached hydrogens (tertiary/aromatic N) is 2. The monoisotopic (exact) mass is 485 g/mol. The number of hydrogen-bond donors (Lipinski definition) is 1. The highest BCUT2D eigenvalue weighted by Crippen LogP contribution is 2.31. The van der Waals surface area contributed by atoms with Crippen LogP contribution in [0, 0.1) is 5.82 Å². The van der Waals surface area contributed by atoms with E-state index in [0.29, 0.717) is 11.3 Å². The second kappa shape index (κ2) is 9.93. The van der Waals surface area contributed by atoms with Crippen molar-refractivity contribution >= 4 is 27.7 Å². The fourth-order valence-electron chi connectivity index (χ4n) is 3.40. The molecule has 8 nitrogen and oxygen atoms in total. The number of piperazine rings is 1. The van der Waals surface area contributed by atoms with Crippen molar-refractivity contribution in [3.05, 3.63) is 52.8 Å². The van der Waals surface area contributed by atoms with Gasteiger partial charge in [-0.3, -0.25) is 0 Å². The topological polar surface area (TPSA) is 88.2 Å². The van der Waals surface area contributed by atoms with E-state index in [1.54, 1.807) is 25.1 Å². The summed E-state index contributed by atoms with van der Waals surface area (Å²) in [7, 11) is -0.985. The first-order valence-electron chi connectivity index (χ1n) is 9.90. The Bertz CT molecular complexity index is 1090. The van der Waals surface area contributed by atoms with E-state index < -0.39 is 21.9 Å². The summed E-state index contributed by atoms with van der Waals surface area (Å²) in [5, 5.41) is 2.81. The Balaban J connectivity index is 1.65. The number of carbonyl (C=O) groups is 1. The fourth-order valence-corrected chi connectivity index (χ4v) is 5.18. The minimum Gasteiger partial charge on any atom is -0.497 e. The van der Waals surface area contributed by atoms with E-state index in [1.807, 2.05) is 0 Å². The molecule has 1 fully saturated rings. The van der Waals surface area contributed by atoms with E-state index in [1.165, 1.54) is 41.6 Å². The minimum atomic E-state index is -3.84. The van der Waals surface area contributed by atoms with Gasteiger partial charge in [0, 0.05) is 32.2 Å². The average molecular weight is 486 g/mol. The Morgan fingerprint density at radius 2 is 1.78 bits per heavy atom. The fraction of sp³-hybridized carbons (Fsp3) is 0.381. The maximum Gasteiger partial charge on any atom is 0.317 e. The van der Waals surface area contributed by atoms with E-state index in [2.05, 4.69) is 5.32 Å². The molecule has 2 amide bonds. The lowest BCUT2D eigenvalue weighted by Crippen LogP contribution is -2.53. The van der Waals surface area contributed by atoms with Crippen molar-refractivity contribution in [2.75, 3.05) is 40.4 Å². The molecule has 0 aromatic heterocycles. The Kier molecular flexibility index (Phi) is 7.47. The standard InChI is InChI=1S/C21H25ClFN3O5S/c1-14(15-4-6-18(23)17(22)12-15)24-21(27)25-8-10-26(11-9-25)32(28,29)20-13-16(30-2)5-7-19(20)31-3/h4-7,12-14H,8-11H2,1-3H3,(H,24,27). The Labute approximate surface area is 191 Å². The molecule has 1 N–H and O–H groups in total. The van der Waals surface area contributed by atoms with Crippen LogP contribution in [-0.4, -0.2) is 64.1 Å². The smallest absolute Gasteiger partial charge is 0.317 e. The number of sulfonamides is 1. The number of nitrogens with one attached hydrogen (secondary N) is 1. The summed E-state index contributed by atoms with van der Waals surface area (Å²) < 4.78 is 51.4. The van der Waals surface area contributed by atoms with Crippen molar-refractivity contribution in [3.8, 4) is 11.5 Å². The van der Waals surface area contributed by atoms with Gasteiger partial charge in [-0.05, 0) is 36.8 Å². The molecule has 1 saturated heterocycles. The summed E-state index contributed by atoms with van der Waals surface area (Å²) in [6, 6.07) is 8.11. The van der Waals surface area contributed by atoms with Gasteiger partial charge in [0.2, 0.25) is 10.0 Å². The predicted octanol–water partition coefficient (Wildman–Crippen LogP) is 3.27. The molecular formula is C21H25ClFN3O5S. The van der Waals surface area contributed by atoms with Crippen LogP contribution in [0.3, 0.4) is 0 Å². The number of halogens is 2. The Hall–Kier alpha value is -2.56. The highest BCUT2D eigenvalue weighted by molar-refractivity contribution is 7.89. The predicted molar refractivity (Wildman–Crippen MR) is 118 cm³/mol. The molecule has 0 radical (unpaired) electrons. The normalized spacial score (nSPS) is 15.8. The Morgan fingerprint density at radius 1 is 1.09 bits per heavy atom. The largest absolute Gasteiger partial charge is 0.497 e. The molecule has 2 aromatic rings. The van der Waals surface area contributed by atoms with Crippen molar-refractivity contribution < 1.29 is 27.1 Å². The van der Waals surface area contributed by atoms with Crippen molar-refractivity contribution in [1.29, 1.82) is 0 Å². The second-order valence-corrected chi connectivity index (χ2v) is 9.57. The molecule has 0 aliphatic carbocycles. The van der Waals surface area contributed by atoms with Gasteiger partial charge in [0.1, 0.15) is 22.2 Å². The van der Waals surface area contributed by atoms with Crippen LogP contribution in [-0.2, 0) is 10.0 Å². The summed E-state index contributed by atoms with van der Waals surface area (Å²) in [6.07, 6.45) is 0. The zero-order valence-corrected chi connectivity index (χ0v) is 19.5. The SMILES string of the molecule is COc1ccc(OC)c(S(=O)(=O)N2CCN(C(=O)NC(C)c3ccc(F)c(Cl)c3)CC2)c1. The van der Waals surface area contributed by atoms with Crippen molar-refractivity contribution in [1.82, 2.24) is 14.5 Å². The van der Waals surface area contributed by atoms with Crippen molar-refractivity contribution in [2.45, 2.75) is 17.9 Å². The van der Waals surface area contributed by atoms with Crippen LogP contribution >= 0.6 is 11.6 Å². The molecule has 1 unspecified atom stereocenters. The maximum absolute atomic E-state index is 13.4. The third-order valence-electron chi connectivity index (χ3n) is 5.30. The van der Waals surface area contributed by atoms with E-state index in [0.717, 1.165) is 0 Å². The maximum atomic E-state index is 13.4. The molecule has 1 heterocycles. The Morgan fingerprint density at radius 3 is 2.38 bits per heavy atom. The summed E-state index contributed by atoms with van der Waals surface area (Å²) in [4.78, 5) is 14.2. The highest BCUT2D eigenvalue weighted by Gasteiger charge is 2.32. The average Bonchev–Trinajstić information content (AvgIpc) is 2.80. The van der Waals surface area contributed by atoms with Crippen LogP contribution < -0.4 is 14.8 Å². The van der Waals surface area contributed by atoms with Crippen molar-refractivity contribution in [2.24, 2.45) is 0 Å². The van der Waals surface area contributed by atoms with Gasteiger partial charge in [0.15, 0.2) is 0 Å². The minimum absolute atomic E-state index is 0.0130. The van der Waals surface area contributed by atoms with Gasteiger partial charge in [-0.15, -0.1) is 0 Å². The van der Waals surface area contributed by atoms with Crippen LogP contribution in [0.15, 0.2) is 41.3 Å². The van der Waals surface area contributed by atoms with Crippen LogP contribution in [0.2, 0.25) is 5.02 Å². The molecule has 1 aliphatic rings. The lowest BCUT2D eigenvalue weighted by Gasteiger charge is -2.34. The molecule has 32 heavy (non-hydrogen) atoms. The van der Waals surface area contributed by atoms with Gasteiger partial charge in [0.25, 0.3) is 0 Å². The number of benzene rings is 2. The van der Waals surface area contributed by atoms with Crippen LogP contribution in [0.4, 0.5) is 9.18 Å². The van der Waals surface area contributed by atoms with Gasteiger partial charge in [-0.2, -0.15) is 4.31 Å². The molecule has 174 valence electrons. The third kappa shape index (κ3) is 5.08.